The molecule has 1 N–H and O–H groups in total. The van der Waals surface area contributed by atoms with E-state index in [0.29, 0.717) is 18.1 Å². The maximum atomic E-state index is 5.68. The molecule has 0 aromatic heterocycles. The molecule has 0 spiro atoms. The van der Waals surface area contributed by atoms with Crippen molar-refractivity contribution in [3.05, 3.63) is 29.8 Å². The largest absolute Gasteiger partial charge is 0.493 e. The molecule has 3 nitrogen and oxygen atoms in total. The summed E-state index contributed by atoms with van der Waals surface area (Å²) < 4.78 is 11.3. The van der Waals surface area contributed by atoms with E-state index in [9.17, 15) is 0 Å². The molecule has 3 atom stereocenters. The first-order valence-corrected chi connectivity index (χ1v) is 6.91. The van der Waals surface area contributed by atoms with E-state index in [1.807, 2.05) is 6.07 Å². The fourth-order valence-electron chi connectivity index (χ4n) is 2.89. The zero-order valence-electron chi connectivity index (χ0n) is 10.9. The van der Waals surface area contributed by atoms with Gasteiger partial charge in [0, 0.05) is 31.2 Å². The molecule has 0 amide bonds. The molecule has 0 bridgehead atoms. The second-order valence-corrected chi connectivity index (χ2v) is 5.26. The summed E-state index contributed by atoms with van der Waals surface area (Å²) in [6.07, 6.45) is 2.63. The summed E-state index contributed by atoms with van der Waals surface area (Å²) >= 11 is 0. The first-order valence-electron chi connectivity index (χ1n) is 6.91. The van der Waals surface area contributed by atoms with E-state index in [2.05, 4.69) is 30.4 Å². The third-order valence-electron chi connectivity index (χ3n) is 4.12. The highest BCUT2D eigenvalue weighted by atomic mass is 16.5. The van der Waals surface area contributed by atoms with Crippen LogP contribution < -0.4 is 10.1 Å². The average Bonchev–Trinajstić information content (AvgIpc) is 2.82. The van der Waals surface area contributed by atoms with E-state index in [1.54, 1.807) is 0 Å². The highest BCUT2D eigenvalue weighted by molar-refractivity contribution is 5.37. The highest BCUT2D eigenvalue weighted by Gasteiger charge is 2.26. The minimum absolute atomic E-state index is 0.396. The topological polar surface area (TPSA) is 30.5 Å². The van der Waals surface area contributed by atoms with Crippen LogP contribution in [0, 0.1) is 5.92 Å². The lowest BCUT2D eigenvalue weighted by Gasteiger charge is -2.28. The summed E-state index contributed by atoms with van der Waals surface area (Å²) in [6, 6.07) is 8.78. The minimum atomic E-state index is 0.396. The molecule has 0 radical (unpaired) electrons. The van der Waals surface area contributed by atoms with E-state index < -0.39 is 0 Å². The lowest BCUT2D eigenvalue weighted by Crippen LogP contribution is -2.33. The van der Waals surface area contributed by atoms with Crippen molar-refractivity contribution in [3.63, 3.8) is 0 Å². The molecule has 3 rings (SSSR count). The quantitative estimate of drug-likeness (QED) is 0.890. The molecular weight excluding hydrogens is 226 g/mol. The molecule has 2 heterocycles. The van der Waals surface area contributed by atoms with Gasteiger partial charge in [0.25, 0.3) is 0 Å². The number of fused-ring (bicyclic) bond motifs is 1. The Balaban J connectivity index is 1.64. The van der Waals surface area contributed by atoms with E-state index in [0.717, 1.165) is 31.9 Å². The van der Waals surface area contributed by atoms with Gasteiger partial charge < -0.3 is 14.8 Å². The van der Waals surface area contributed by atoms with Gasteiger partial charge in [0.2, 0.25) is 0 Å². The average molecular weight is 247 g/mol. The molecule has 1 saturated heterocycles. The van der Waals surface area contributed by atoms with Crippen LogP contribution >= 0.6 is 0 Å². The fourth-order valence-corrected chi connectivity index (χ4v) is 2.89. The molecule has 2 aliphatic rings. The number of nitrogens with one attached hydrogen (secondary N) is 1. The van der Waals surface area contributed by atoms with E-state index in [-0.39, 0.29) is 0 Å². The van der Waals surface area contributed by atoms with Gasteiger partial charge in [-0.15, -0.1) is 0 Å². The summed E-state index contributed by atoms with van der Waals surface area (Å²) in [5.74, 6) is 1.69. The van der Waals surface area contributed by atoms with Gasteiger partial charge in [0.05, 0.1) is 12.7 Å². The number of hydrogen-bond donors (Lipinski definition) is 1. The standard InChI is InChI=1S/C15H21NO2/c1-11-12(6-8-17-11)10-16-14-7-9-18-15-5-3-2-4-13(14)15/h2-5,11-12,14,16H,6-10H2,1H3. The molecule has 18 heavy (non-hydrogen) atoms. The van der Waals surface area contributed by atoms with Crippen molar-refractivity contribution in [1.82, 2.24) is 5.32 Å². The smallest absolute Gasteiger partial charge is 0.124 e. The third-order valence-corrected chi connectivity index (χ3v) is 4.12. The minimum Gasteiger partial charge on any atom is -0.493 e. The Bertz CT molecular complexity index is 407. The second kappa shape index (κ2) is 5.29. The predicted octanol–water partition coefficient (Wildman–Crippen LogP) is 2.52. The number of ether oxygens (including phenoxy) is 2. The van der Waals surface area contributed by atoms with Crippen molar-refractivity contribution in [3.8, 4) is 5.75 Å². The van der Waals surface area contributed by atoms with Crippen molar-refractivity contribution in [2.75, 3.05) is 19.8 Å². The Labute approximate surface area is 108 Å². The van der Waals surface area contributed by atoms with Crippen molar-refractivity contribution in [2.24, 2.45) is 5.92 Å². The first kappa shape index (κ1) is 12.0. The molecule has 1 aromatic rings. The Morgan fingerprint density at radius 1 is 1.22 bits per heavy atom. The van der Waals surface area contributed by atoms with E-state index in [1.165, 1.54) is 12.0 Å². The summed E-state index contributed by atoms with van der Waals surface area (Å²) in [5, 5.41) is 3.69. The summed E-state index contributed by atoms with van der Waals surface area (Å²) in [6.45, 7) is 4.95. The zero-order valence-corrected chi connectivity index (χ0v) is 10.9. The fraction of sp³-hybridized carbons (Fsp3) is 0.600. The van der Waals surface area contributed by atoms with Crippen molar-refractivity contribution < 1.29 is 9.47 Å². The summed E-state index contributed by atoms with van der Waals surface area (Å²) in [4.78, 5) is 0. The van der Waals surface area contributed by atoms with Gasteiger partial charge in [0.15, 0.2) is 0 Å². The number of para-hydroxylation sites is 1. The SMILES string of the molecule is CC1OCCC1CNC1CCOc2ccccc21. The third kappa shape index (κ3) is 2.38. The normalized spacial score (nSPS) is 30.8. The number of hydrogen-bond acceptors (Lipinski definition) is 3. The molecule has 1 aromatic carbocycles. The molecule has 3 unspecified atom stereocenters. The van der Waals surface area contributed by atoms with Crippen LogP contribution in [0.15, 0.2) is 24.3 Å². The van der Waals surface area contributed by atoms with Crippen molar-refractivity contribution in [2.45, 2.75) is 31.9 Å². The second-order valence-electron chi connectivity index (χ2n) is 5.26. The predicted molar refractivity (Wildman–Crippen MR) is 70.8 cm³/mol. The molecule has 3 heteroatoms. The molecule has 1 fully saturated rings. The maximum absolute atomic E-state index is 5.68. The zero-order chi connectivity index (χ0) is 12.4. The van der Waals surface area contributed by atoms with Crippen molar-refractivity contribution in [1.29, 1.82) is 0 Å². The van der Waals surface area contributed by atoms with Crippen molar-refractivity contribution >= 4 is 0 Å². The van der Waals surface area contributed by atoms with Crippen LogP contribution in [0.1, 0.15) is 31.4 Å². The summed E-state index contributed by atoms with van der Waals surface area (Å²) in [5.41, 5.74) is 1.30. The van der Waals surface area contributed by atoms with Crippen LogP contribution in [-0.2, 0) is 4.74 Å². The molecule has 0 aliphatic carbocycles. The Hall–Kier alpha value is -1.06. The molecular formula is C15H21NO2. The molecule has 0 saturated carbocycles. The van der Waals surface area contributed by atoms with Gasteiger partial charge in [-0.1, -0.05) is 18.2 Å². The van der Waals surface area contributed by atoms with Gasteiger partial charge >= 0.3 is 0 Å². The lowest BCUT2D eigenvalue weighted by molar-refractivity contribution is 0.104. The Kier molecular flexibility index (Phi) is 3.52. The monoisotopic (exact) mass is 247 g/mol. The summed E-state index contributed by atoms with van der Waals surface area (Å²) in [7, 11) is 0. The van der Waals surface area contributed by atoms with Gasteiger partial charge in [-0.2, -0.15) is 0 Å². The number of rotatable bonds is 3. The molecule has 2 aliphatic heterocycles. The van der Waals surface area contributed by atoms with Crippen LogP contribution in [0.5, 0.6) is 5.75 Å². The van der Waals surface area contributed by atoms with Crippen LogP contribution in [-0.4, -0.2) is 25.9 Å². The highest BCUT2D eigenvalue weighted by Crippen LogP contribution is 2.32. The van der Waals surface area contributed by atoms with Crippen LogP contribution in [0.3, 0.4) is 0 Å². The van der Waals surface area contributed by atoms with Gasteiger partial charge in [-0.25, -0.2) is 0 Å². The van der Waals surface area contributed by atoms with Crippen LogP contribution in [0.2, 0.25) is 0 Å². The Morgan fingerprint density at radius 3 is 2.94 bits per heavy atom. The Morgan fingerprint density at radius 2 is 2.11 bits per heavy atom. The lowest BCUT2D eigenvalue weighted by atomic mass is 9.98. The molecule has 98 valence electrons. The first-order chi connectivity index (χ1) is 8.84. The van der Waals surface area contributed by atoms with Gasteiger partial charge in [0.1, 0.15) is 5.75 Å². The van der Waals surface area contributed by atoms with Gasteiger partial charge in [-0.05, 0) is 25.3 Å². The van der Waals surface area contributed by atoms with Crippen LogP contribution in [0.25, 0.3) is 0 Å². The number of benzene rings is 1. The van der Waals surface area contributed by atoms with Gasteiger partial charge in [-0.3, -0.25) is 0 Å². The maximum Gasteiger partial charge on any atom is 0.124 e. The van der Waals surface area contributed by atoms with E-state index in [4.69, 9.17) is 9.47 Å². The van der Waals surface area contributed by atoms with Crippen LogP contribution in [0.4, 0.5) is 0 Å². The van der Waals surface area contributed by atoms with E-state index >= 15 is 0 Å².